The highest BCUT2D eigenvalue weighted by molar-refractivity contribution is 4.42. The minimum Gasteiger partial charge on any atom is -0.381 e. The average molecular weight is 161 g/mol. The second-order valence-electron chi connectivity index (χ2n) is 3.02. The van der Waals surface area contributed by atoms with Crippen molar-refractivity contribution in [1.82, 2.24) is 0 Å². The van der Waals surface area contributed by atoms with Crippen molar-refractivity contribution < 1.29 is 9.57 Å². The molecule has 0 aromatic heterocycles. The van der Waals surface area contributed by atoms with Crippen molar-refractivity contribution in [3.05, 3.63) is 0 Å². The lowest BCUT2D eigenvalue weighted by atomic mass is 10.1. The highest BCUT2D eigenvalue weighted by Crippen LogP contribution is 1.98. The monoisotopic (exact) mass is 161 g/mol. The standard InChI is InChI=1S/C8H19NO2/c1-8(2)4-7-10-5-3-6-11-9/h8H,3-7,9H2,1-2H3. The molecular weight excluding hydrogens is 142 g/mol. The number of rotatable bonds is 7. The molecule has 0 radical (unpaired) electrons. The Balaban J connectivity index is 2.80. The summed E-state index contributed by atoms with van der Waals surface area (Å²) >= 11 is 0. The molecule has 0 saturated heterocycles. The van der Waals surface area contributed by atoms with E-state index < -0.39 is 0 Å². The van der Waals surface area contributed by atoms with Gasteiger partial charge in [-0.1, -0.05) is 13.8 Å². The van der Waals surface area contributed by atoms with Gasteiger partial charge in [-0.2, -0.15) is 0 Å². The molecule has 0 spiro atoms. The number of hydrogen-bond acceptors (Lipinski definition) is 3. The van der Waals surface area contributed by atoms with E-state index in [2.05, 4.69) is 18.7 Å². The minimum absolute atomic E-state index is 0.585. The van der Waals surface area contributed by atoms with Gasteiger partial charge in [0.15, 0.2) is 0 Å². The zero-order valence-corrected chi connectivity index (χ0v) is 7.51. The van der Waals surface area contributed by atoms with Crippen LogP contribution in [0.5, 0.6) is 0 Å². The molecule has 0 aromatic rings. The predicted molar refractivity (Wildman–Crippen MR) is 45.0 cm³/mol. The Morgan fingerprint density at radius 3 is 2.45 bits per heavy atom. The summed E-state index contributed by atoms with van der Waals surface area (Å²) in [4.78, 5) is 4.39. The normalized spacial score (nSPS) is 10.9. The SMILES string of the molecule is CC(C)CCOCCCON. The maximum absolute atomic E-state index is 5.31. The van der Waals surface area contributed by atoms with Gasteiger partial charge in [0.05, 0.1) is 6.61 Å². The zero-order valence-electron chi connectivity index (χ0n) is 7.51. The Labute approximate surface area is 68.8 Å². The first-order valence-electron chi connectivity index (χ1n) is 4.16. The summed E-state index contributed by atoms with van der Waals surface area (Å²) in [5.41, 5.74) is 0. The summed E-state index contributed by atoms with van der Waals surface area (Å²) < 4.78 is 5.31. The predicted octanol–water partition coefficient (Wildman–Crippen LogP) is 1.33. The Kier molecular flexibility index (Phi) is 7.89. The van der Waals surface area contributed by atoms with Gasteiger partial charge < -0.3 is 9.57 Å². The smallest absolute Gasteiger partial charge is 0.0701 e. The molecule has 0 rings (SSSR count). The van der Waals surface area contributed by atoms with Crippen LogP contribution >= 0.6 is 0 Å². The molecule has 0 aliphatic rings. The number of ether oxygens (including phenoxy) is 1. The van der Waals surface area contributed by atoms with Crippen LogP contribution in [0.3, 0.4) is 0 Å². The third kappa shape index (κ3) is 9.88. The van der Waals surface area contributed by atoms with Crippen LogP contribution in [0.4, 0.5) is 0 Å². The van der Waals surface area contributed by atoms with Crippen LogP contribution in [0.1, 0.15) is 26.7 Å². The largest absolute Gasteiger partial charge is 0.381 e. The Morgan fingerprint density at radius 2 is 1.91 bits per heavy atom. The molecule has 0 heterocycles. The van der Waals surface area contributed by atoms with Crippen LogP contribution < -0.4 is 5.90 Å². The van der Waals surface area contributed by atoms with E-state index in [4.69, 9.17) is 10.6 Å². The number of nitrogens with two attached hydrogens (primary N) is 1. The topological polar surface area (TPSA) is 44.5 Å². The van der Waals surface area contributed by atoms with Crippen molar-refractivity contribution in [3.8, 4) is 0 Å². The molecule has 2 N–H and O–H groups in total. The Hall–Kier alpha value is -0.120. The van der Waals surface area contributed by atoms with E-state index >= 15 is 0 Å². The maximum Gasteiger partial charge on any atom is 0.0701 e. The molecular formula is C8H19NO2. The molecule has 0 aliphatic heterocycles. The second kappa shape index (κ2) is 7.98. The van der Waals surface area contributed by atoms with Gasteiger partial charge in [0.2, 0.25) is 0 Å². The van der Waals surface area contributed by atoms with Crippen LogP contribution in [0.15, 0.2) is 0 Å². The first kappa shape index (κ1) is 10.9. The summed E-state index contributed by atoms with van der Waals surface area (Å²) in [5.74, 6) is 5.56. The molecule has 0 saturated carbocycles. The van der Waals surface area contributed by atoms with Crippen molar-refractivity contribution in [2.45, 2.75) is 26.7 Å². The Morgan fingerprint density at radius 1 is 1.18 bits per heavy atom. The van der Waals surface area contributed by atoms with Crippen molar-refractivity contribution in [3.63, 3.8) is 0 Å². The van der Waals surface area contributed by atoms with Gasteiger partial charge in [0.1, 0.15) is 0 Å². The van der Waals surface area contributed by atoms with Gasteiger partial charge in [-0.25, -0.2) is 5.90 Å². The molecule has 0 atom stereocenters. The van der Waals surface area contributed by atoms with E-state index in [9.17, 15) is 0 Å². The third-order valence-electron chi connectivity index (χ3n) is 1.39. The van der Waals surface area contributed by atoms with E-state index in [1.807, 2.05) is 0 Å². The van der Waals surface area contributed by atoms with Crippen molar-refractivity contribution in [2.75, 3.05) is 19.8 Å². The highest BCUT2D eigenvalue weighted by Gasteiger charge is 1.93. The lowest BCUT2D eigenvalue weighted by Gasteiger charge is -2.05. The van der Waals surface area contributed by atoms with E-state index in [1.165, 1.54) is 0 Å². The zero-order chi connectivity index (χ0) is 8.53. The second-order valence-corrected chi connectivity index (χ2v) is 3.02. The molecule has 0 aromatic carbocycles. The molecule has 0 unspecified atom stereocenters. The highest BCUT2D eigenvalue weighted by atomic mass is 16.6. The average Bonchev–Trinajstić information content (AvgIpc) is 1.96. The van der Waals surface area contributed by atoms with Crippen LogP contribution in [-0.2, 0) is 9.57 Å². The molecule has 3 heteroatoms. The quantitative estimate of drug-likeness (QED) is 0.452. The Bertz CT molecular complexity index is 76.5. The van der Waals surface area contributed by atoms with Gasteiger partial charge in [0, 0.05) is 13.2 Å². The van der Waals surface area contributed by atoms with E-state index in [-0.39, 0.29) is 0 Å². The van der Waals surface area contributed by atoms with E-state index in [0.29, 0.717) is 6.61 Å². The lowest BCUT2D eigenvalue weighted by molar-refractivity contribution is 0.0789. The summed E-state index contributed by atoms with van der Waals surface area (Å²) in [6.07, 6.45) is 2.01. The molecule has 68 valence electrons. The fourth-order valence-electron chi connectivity index (χ4n) is 0.665. The fourth-order valence-corrected chi connectivity index (χ4v) is 0.665. The number of hydrogen-bond donors (Lipinski definition) is 1. The van der Waals surface area contributed by atoms with Crippen molar-refractivity contribution in [2.24, 2.45) is 11.8 Å². The van der Waals surface area contributed by atoms with Crippen LogP contribution in [-0.4, -0.2) is 19.8 Å². The molecule has 0 aliphatic carbocycles. The van der Waals surface area contributed by atoms with Gasteiger partial charge in [0.25, 0.3) is 0 Å². The van der Waals surface area contributed by atoms with Gasteiger partial charge in [-0.3, -0.25) is 0 Å². The summed E-state index contributed by atoms with van der Waals surface area (Å²) in [7, 11) is 0. The minimum atomic E-state index is 0.585. The summed E-state index contributed by atoms with van der Waals surface area (Å²) in [6, 6.07) is 0. The van der Waals surface area contributed by atoms with Gasteiger partial charge >= 0.3 is 0 Å². The first-order chi connectivity index (χ1) is 5.27. The van der Waals surface area contributed by atoms with Crippen LogP contribution in [0.25, 0.3) is 0 Å². The molecule has 3 nitrogen and oxygen atoms in total. The summed E-state index contributed by atoms with van der Waals surface area (Å²) in [6.45, 7) is 6.56. The van der Waals surface area contributed by atoms with Crippen molar-refractivity contribution >= 4 is 0 Å². The van der Waals surface area contributed by atoms with Crippen molar-refractivity contribution in [1.29, 1.82) is 0 Å². The molecule has 0 fully saturated rings. The van der Waals surface area contributed by atoms with Crippen LogP contribution in [0, 0.1) is 5.92 Å². The van der Waals surface area contributed by atoms with Gasteiger partial charge in [-0.15, -0.1) is 0 Å². The molecule has 0 bridgehead atoms. The maximum atomic E-state index is 5.31. The first-order valence-corrected chi connectivity index (χ1v) is 4.16. The fraction of sp³-hybridized carbons (Fsp3) is 1.00. The third-order valence-corrected chi connectivity index (χ3v) is 1.39. The van der Waals surface area contributed by atoms with Gasteiger partial charge in [-0.05, 0) is 18.8 Å². The van der Waals surface area contributed by atoms with Crippen LogP contribution in [0.2, 0.25) is 0 Å². The summed E-state index contributed by atoms with van der Waals surface area (Å²) in [5, 5.41) is 0. The lowest BCUT2D eigenvalue weighted by Crippen LogP contribution is -2.06. The molecule has 11 heavy (non-hydrogen) atoms. The van der Waals surface area contributed by atoms with E-state index in [0.717, 1.165) is 32.0 Å². The van der Waals surface area contributed by atoms with E-state index in [1.54, 1.807) is 0 Å². The molecule has 0 amide bonds.